The quantitative estimate of drug-likeness (QED) is 0.756. The molecule has 2 atom stereocenters. The number of aromatic nitrogens is 2. The molecule has 1 fully saturated rings. The van der Waals surface area contributed by atoms with E-state index in [0.29, 0.717) is 11.0 Å². The number of nitrogens with zero attached hydrogens (tertiary/aromatic N) is 2. The van der Waals surface area contributed by atoms with Crippen molar-refractivity contribution in [1.82, 2.24) is 9.97 Å². The summed E-state index contributed by atoms with van der Waals surface area (Å²) in [5.74, 6) is 0.708. The summed E-state index contributed by atoms with van der Waals surface area (Å²) >= 11 is 5.75. The molecule has 2 N–H and O–H groups in total. The second-order valence-electron chi connectivity index (χ2n) is 4.50. The van der Waals surface area contributed by atoms with Crippen LogP contribution in [-0.2, 0) is 0 Å². The number of anilines is 1. The van der Waals surface area contributed by atoms with Gasteiger partial charge in [-0.1, -0.05) is 25.4 Å². The third-order valence-corrected chi connectivity index (χ3v) is 3.38. The number of hydrogen-bond donors (Lipinski definition) is 2. The summed E-state index contributed by atoms with van der Waals surface area (Å²) in [7, 11) is 0. The maximum atomic E-state index is 9.58. The molecule has 2 rings (SSSR count). The number of aliphatic hydroxyl groups excluding tert-OH is 1. The number of rotatable bonds is 2. The summed E-state index contributed by atoms with van der Waals surface area (Å²) in [6, 6.07) is 1.92. The summed E-state index contributed by atoms with van der Waals surface area (Å²) in [6.07, 6.45) is 1.92. The molecule has 2 unspecified atom stereocenters. The van der Waals surface area contributed by atoms with Gasteiger partial charge in [-0.05, 0) is 6.42 Å². The fourth-order valence-electron chi connectivity index (χ4n) is 1.74. The molecule has 0 radical (unpaired) electrons. The van der Waals surface area contributed by atoms with Crippen molar-refractivity contribution in [1.29, 1.82) is 0 Å². The summed E-state index contributed by atoms with van der Waals surface area (Å²) in [4.78, 5) is 7.87. The first-order valence-corrected chi connectivity index (χ1v) is 5.30. The van der Waals surface area contributed by atoms with Gasteiger partial charge in [0.05, 0.1) is 6.10 Å². The summed E-state index contributed by atoms with van der Waals surface area (Å²) < 4.78 is 0. The van der Waals surface area contributed by atoms with Crippen LogP contribution in [0.25, 0.3) is 0 Å². The van der Waals surface area contributed by atoms with E-state index in [9.17, 15) is 5.11 Å². The van der Waals surface area contributed by atoms with Crippen LogP contribution in [0.3, 0.4) is 0 Å². The van der Waals surface area contributed by atoms with Crippen molar-refractivity contribution < 1.29 is 5.11 Å². The van der Waals surface area contributed by atoms with Gasteiger partial charge >= 0.3 is 0 Å². The van der Waals surface area contributed by atoms with Crippen LogP contribution in [0, 0.1) is 5.41 Å². The van der Waals surface area contributed by atoms with E-state index < -0.39 is 0 Å². The third-order valence-electron chi connectivity index (χ3n) is 3.17. The molecule has 1 heterocycles. The van der Waals surface area contributed by atoms with E-state index in [1.165, 1.54) is 6.33 Å². The average molecular weight is 228 g/mol. The van der Waals surface area contributed by atoms with Crippen LogP contribution in [0.1, 0.15) is 20.3 Å². The fraction of sp³-hybridized carbons (Fsp3) is 0.600. The van der Waals surface area contributed by atoms with Gasteiger partial charge in [-0.25, -0.2) is 9.97 Å². The molecule has 0 saturated heterocycles. The molecule has 0 spiro atoms. The highest BCUT2D eigenvalue weighted by Crippen LogP contribution is 2.41. The van der Waals surface area contributed by atoms with Crippen molar-refractivity contribution in [2.45, 2.75) is 32.4 Å². The van der Waals surface area contributed by atoms with E-state index >= 15 is 0 Å². The number of nitrogens with one attached hydrogen (secondary N) is 1. The first kappa shape index (κ1) is 10.6. The summed E-state index contributed by atoms with van der Waals surface area (Å²) in [6.45, 7) is 4.06. The van der Waals surface area contributed by atoms with Crippen LogP contribution in [0.5, 0.6) is 0 Å². The van der Waals surface area contributed by atoms with E-state index in [0.717, 1.165) is 6.42 Å². The normalized spacial score (nSPS) is 28.3. The lowest BCUT2D eigenvalue weighted by Crippen LogP contribution is -2.57. The molecule has 1 aliphatic carbocycles. The zero-order valence-corrected chi connectivity index (χ0v) is 9.49. The molecule has 1 aromatic heterocycles. The van der Waals surface area contributed by atoms with Crippen molar-refractivity contribution in [3.63, 3.8) is 0 Å². The first-order valence-electron chi connectivity index (χ1n) is 4.92. The largest absolute Gasteiger partial charge is 0.392 e. The number of hydrogen-bond acceptors (Lipinski definition) is 4. The summed E-state index contributed by atoms with van der Waals surface area (Å²) in [5.41, 5.74) is -0.114. The van der Waals surface area contributed by atoms with Crippen LogP contribution >= 0.6 is 11.6 Å². The van der Waals surface area contributed by atoms with Gasteiger partial charge in [0.25, 0.3) is 0 Å². The Hall–Kier alpha value is -0.870. The van der Waals surface area contributed by atoms with E-state index in [-0.39, 0.29) is 17.6 Å². The summed E-state index contributed by atoms with van der Waals surface area (Å²) in [5, 5.41) is 13.2. The minimum absolute atomic E-state index is 0.114. The zero-order chi connectivity index (χ0) is 11.1. The Kier molecular flexibility index (Phi) is 2.56. The molecule has 0 aliphatic heterocycles. The monoisotopic (exact) mass is 227 g/mol. The van der Waals surface area contributed by atoms with Crippen LogP contribution in [-0.4, -0.2) is 27.2 Å². The molecule has 15 heavy (non-hydrogen) atoms. The molecule has 1 aliphatic rings. The van der Waals surface area contributed by atoms with E-state index in [1.807, 2.05) is 13.8 Å². The Bertz CT molecular complexity index is 369. The molecule has 4 nitrogen and oxygen atoms in total. The highest BCUT2D eigenvalue weighted by Gasteiger charge is 2.47. The van der Waals surface area contributed by atoms with E-state index in [4.69, 9.17) is 11.6 Å². The maximum absolute atomic E-state index is 9.58. The standard InChI is InChI=1S/C10H14ClN3O/c1-10(2)6(3-7(10)15)14-9-4-8(11)12-5-13-9/h4-7,15H,3H2,1-2H3,(H,12,13,14). The Balaban J connectivity index is 2.05. The van der Waals surface area contributed by atoms with Gasteiger partial charge in [0.1, 0.15) is 17.3 Å². The number of halogens is 1. The van der Waals surface area contributed by atoms with E-state index in [1.54, 1.807) is 6.07 Å². The van der Waals surface area contributed by atoms with Crippen LogP contribution < -0.4 is 5.32 Å². The Morgan fingerprint density at radius 2 is 2.27 bits per heavy atom. The Labute approximate surface area is 93.7 Å². The molecule has 0 bridgehead atoms. The van der Waals surface area contributed by atoms with E-state index in [2.05, 4.69) is 15.3 Å². The van der Waals surface area contributed by atoms with Gasteiger partial charge < -0.3 is 10.4 Å². The second-order valence-corrected chi connectivity index (χ2v) is 4.88. The third kappa shape index (κ3) is 1.92. The van der Waals surface area contributed by atoms with Crippen molar-refractivity contribution in [3.8, 4) is 0 Å². The lowest BCUT2D eigenvalue weighted by molar-refractivity contribution is -0.0511. The molecular weight excluding hydrogens is 214 g/mol. The number of aliphatic hydroxyl groups is 1. The highest BCUT2D eigenvalue weighted by molar-refractivity contribution is 6.29. The zero-order valence-electron chi connectivity index (χ0n) is 8.74. The topological polar surface area (TPSA) is 58.0 Å². The minimum atomic E-state index is -0.243. The predicted octanol–water partition coefficient (Wildman–Crippen LogP) is 1.70. The van der Waals surface area contributed by atoms with Gasteiger partial charge in [0.15, 0.2) is 0 Å². The molecule has 1 aromatic rings. The van der Waals surface area contributed by atoms with Crippen molar-refractivity contribution in [3.05, 3.63) is 17.5 Å². The molecule has 1 saturated carbocycles. The molecule has 82 valence electrons. The van der Waals surface area contributed by atoms with Crippen molar-refractivity contribution in [2.75, 3.05) is 5.32 Å². The SMILES string of the molecule is CC1(C)C(O)CC1Nc1cc(Cl)ncn1. The molecule has 0 amide bonds. The van der Waals surface area contributed by atoms with Gasteiger partial charge in [-0.3, -0.25) is 0 Å². The van der Waals surface area contributed by atoms with Crippen molar-refractivity contribution in [2.24, 2.45) is 5.41 Å². The Morgan fingerprint density at radius 3 is 2.80 bits per heavy atom. The van der Waals surface area contributed by atoms with Crippen molar-refractivity contribution >= 4 is 17.4 Å². The second kappa shape index (κ2) is 3.61. The maximum Gasteiger partial charge on any atom is 0.134 e. The predicted molar refractivity (Wildman–Crippen MR) is 58.9 cm³/mol. The van der Waals surface area contributed by atoms with Gasteiger partial charge in [-0.15, -0.1) is 0 Å². The molecule has 0 aromatic carbocycles. The van der Waals surface area contributed by atoms with Gasteiger partial charge in [-0.2, -0.15) is 0 Å². The fourth-order valence-corrected chi connectivity index (χ4v) is 1.89. The minimum Gasteiger partial charge on any atom is -0.392 e. The van der Waals surface area contributed by atoms with Crippen LogP contribution in [0.2, 0.25) is 5.15 Å². The van der Waals surface area contributed by atoms with Crippen LogP contribution in [0.4, 0.5) is 5.82 Å². The van der Waals surface area contributed by atoms with Crippen LogP contribution in [0.15, 0.2) is 12.4 Å². The van der Waals surface area contributed by atoms with Gasteiger partial charge in [0.2, 0.25) is 0 Å². The lowest BCUT2D eigenvalue weighted by Gasteiger charge is -2.49. The molecule has 5 heteroatoms. The average Bonchev–Trinajstić information content (AvgIpc) is 2.17. The lowest BCUT2D eigenvalue weighted by atomic mass is 9.64. The Morgan fingerprint density at radius 1 is 1.53 bits per heavy atom. The highest BCUT2D eigenvalue weighted by atomic mass is 35.5. The molecular formula is C10H14ClN3O. The smallest absolute Gasteiger partial charge is 0.134 e. The first-order chi connectivity index (χ1) is 7.00. The van der Waals surface area contributed by atoms with Gasteiger partial charge in [0, 0.05) is 17.5 Å².